The first kappa shape index (κ1) is 32.3. The van der Waals surface area contributed by atoms with Crippen LogP contribution in [0.25, 0.3) is 22.3 Å². The van der Waals surface area contributed by atoms with Crippen LogP contribution in [0.3, 0.4) is 0 Å². The average molecular weight is 637 g/mol. The quantitative estimate of drug-likeness (QED) is 0.0880. The fourth-order valence-electron chi connectivity index (χ4n) is 5.22. The molecule has 1 N–H and O–H groups in total. The molecule has 4 aromatic rings. The summed E-state index contributed by atoms with van der Waals surface area (Å²) < 4.78 is 43.8. The summed E-state index contributed by atoms with van der Waals surface area (Å²) in [5, 5.41) is 3.47. The molecule has 5 rings (SSSR count). The summed E-state index contributed by atoms with van der Waals surface area (Å²) in [6.07, 6.45) is 4.19. The monoisotopic (exact) mass is 636 g/mol. The SMILES string of the molecule is CNC(=O)c1c(-c2ccc(F)cc2)oc2cc(N(CCOCCOCc3ccc(OC)c(C(=O)OC)c3)SC)c(C3CC3)cc12. The summed E-state index contributed by atoms with van der Waals surface area (Å²) in [5.74, 6) is 0.197. The number of carbonyl (C=O) groups is 2. The van der Waals surface area contributed by atoms with Crippen molar-refractivity contribution in [3.05, 3.63) is 82.7 Å². The van der Waals surface area contributed by atoms with E-state index >= 15 is 0 Å². The van der Waals surface area contributed by atoms with Crippen molar-refractivity contribution in [2.24, 2.45) is 0 Å². The fourth-order valence-corrected chi connectivity index (χ4v) is 5.84. The minimum atomic E-state index is -0.466. The lowest BCUT2D eigenvalue weighted by Crippen LogP contribution is -2.22. The van der Waals surface area contributed by atoms with Gasteiger partial charge in [0.2, 0.25) is 0 Å². The number of amides is 1. The molecule has 0 aliphatic heterocycles. The van der Waals surface area contributed by atoms with Gasteiger partial charge in [-0.3, -0.25) is 4.79 Å². The van der Waals surface area contributed by atoms with Crippen molar-refractivity contribution in [2.75, 3.05) is 58.2 Å². The predicted octanol–water partition coefficient (Wildman–Crippen LogP) is 6.59. The Hall–Kier alpha value is -4.06. The van der Waals surface area contributed by atoms with Crippen LogP contribution >= 0.6 is 11.9 Å². The summed E-state index contributed by atoms with van der Waals surface area (Å²) in [6.45, 7) is 2.22. The lowest BCUT2D eigenvalue weighted by Gasteiger charge is -2.24. The highest BCUT2D eigenvalue weighted by atomic mass is 32.2. The Morgan fingerprint density at radius 2 is 1.78 bits per heavy atom. The summed E-state index contributed by atoms with van der Waals surface area (Å²) in [7, 11) is 4.43. The Balaban J connectivity index is 1.24. The fraction of sp³-hybridized carbons (Fsp3) is 0.353. The van der Waals surface area contributed by atoms with Gasteiger partial charge in [-0.2, -0.15) is 0 Å². The van der Waals surface area contributed by atoms with Crippen LogP contribution in [0.15, 0.2) is 59.0 Å². The Morgan fingerprint density at radius 3 is 2.44 bits per heavy atom. The van der Waals surface area contributed by atoms with Crippen LogP contribution in [0.4, 0.5) is 10.1 Å². The average Bonchev–Trinajstić information content (AvgIpc) is 3.85. The molecule has 1 saturated carbocycles. The third-order valence-electron chi connectivity index (χ3n) is 7.65. The van der Waals surface area contributed by atoms with Crippen LogP contribution < -0.4 is 14.4 Å². The zero-order valence-electron chi connectivity index (χ0n) is 25.8. The Bertz CT molecular complexity index is 1650. The molecule has 1 aromatic heterocycles. The first-order valence-electron chi connectivity index (χ1n) is 14.7. The maximum Gasteiger partial charge on any atom is 0.341 e. The number of methoxy groups -OCH3 is 2. The molecule has 0 saturated heterocycles. The van der Waals surface area contributed by atoms with Gasteiger partial charge in [-0.25, -0.2) is 9.18 Å². The molecular weight excluding hydrogens is 599 g/mol. The first-order chi connectivity index (χ1) is 21.9. The molecule has 3 aromatic carbocycles. The van der Waals surface area contributed by atoms with E-state index in [1.165, 1.54) is 31.9 Å². The van der Waals surface area contributed by atoms with Gasteiger partial charge >= 0.3 is 5.97 Å². The minimum absolute atomic E-state index is 0.254. The molecule has 1 amide bonds. The van der Waals surface area contributed by atoms with Crippen LogP contribution in [0, 0.1) is 5.82 Å². The molecule has 11 heteroatoms. The number of rotatable bonds is 15. The number of ether oxygens (including phenoxy) is 4. The standard InChI is InChI=1S/C34H37FN2O7S/c1-36-33(38)31-26-18-25(22-6-7-22)28(19-30(26)44-32(31)23-8-10-24(35)11-9-23)37(45-4)13-14-42-15-16-43-20-21-5-12-29(40-2)27(17-21)34(39)41-3/h5,8-12,17-19,22H,6-7,13-16,20H2,1-4H3,(H,36,38). The summed E-state index contributed by atoms with van der Waals surface area (Å²) in [4.78, 5) is 25.0. The highest BCUT2D eigenvalue weighted by molar-refractivity contribution is 7.99. The molecule has 1 fully saturated rings. The largest absolute Gasteiger partial charge is 0.496 e. The molecule has 1 aliphatic rings. The van der Waals surface area contributed by atoms with E-state index in [0.717, 1.165) is 29.5 Å². The predicted molar refractivity (Wildman–Crippen MR) is 173 cm³/mol. The van der Waals surface area contributed by atoms with E-state index in [-0.39, 0.29) is 11.7 Å². The molecule has 45 heavy (non-hydrogen) atoms. The number of hydrogen-bond donors (Lipinski definition) is 1. The zero-order valence-corrected chi connectivity index (χ0v) is 26.6. The highest BCUT2D eigenvalue weighted by Crippen LogP contribution is 2.48. The van der Waals surface area contributed by atoms with Crippen LogP contribution in [0.2, 0.25) is 0 Å². The molecular formula is C34H37FN2O7S. The van der Waals surface area contributed by atoms with Gasteiger partial charge in [0.05, 0.1) is 58.4 Å². The summed E-state index contributed by atoms with van der Waals surface area (Å²) >= 11 is 1.60. The van der Waals surface area contributed by atoms with Gasteiger partial charge in [0.25, 0.3) is 5.91 Å². The molecule has 238 valence electrons. The number of furan rings is 1. The second kappa shape index (κ2) is 14.8. The molecule has 0 radical (unpaired) electrons. The maximum absolute atomic E-state index is 13.6. The number of hydrogen-bond acceptors (Lipinski definition) is 9. The zero-order chi connectivity index (χ0) is 31.9. The second-order valence-electron chi connectivity index (χ2n) is 10.5. The van der Waals surface area contributed by atoms with Gasteiger partial charge in [0.1, 0.15) is 28.5 Å². The number of halogens is 1. The number of anilines is 1. The van der Waals surface area contributed by atoms with Gasteiger partial charge in [-0.1, -0.05) is 18.0 Å². The number of fused-ring (bicyclic) bond motifs is 1. The van der Waals surface area contributed by atoms with Gasteiger partial charge < -0.3 is 33.0 Å². The second-order valence-corrected chi connectivity index (χ2v) is 11.4. The van der Waals surface area contributed by atoms with Crippen LogP contribution in [0.1, 0.15) is 50.6 Å². The van der Waals surface area contributed by atoms with Gasteiger partial charge in [0.15, 0.2) is 0 Å². The molecule has 1 heterocycles. The topological polar surface area (TPSA) is 99.5 Å². The van der Waals surface area contributed by atoms with Crippen molar-refractivity contribution in [3.63, 3.8) is 0 Å². The summed E-state index contributed by atoms with van der Waals surface area (Å²) in [6, 6.07) is 15.3. The van der Waals surface area contributed by atoms with E-state index < -0.39 is 5.97 Å². The Morgan fingerprint density at radius 1 is 1.02 bits per heavy atom. The third-order valence-corrected chi connectivity index (χ3v) is 8.47. The minimum Gasteiger partial charge on any atom is -0.496 e. The van der Waals surface area contributed by atoms with Crippen molar-refractivity contribution in [1.29, 1.82) is 0 Å². The Kier molecular flexibility index (Phi) is 10.6. The van der Waals surface area contributed by atoms with Crippen molar-refractivity contribution >= 4 is 40.5 Å². The number of nitrogens with zero attached hydrogens (tertiary/aromatic N) is 1. The van der Waals surface area contributed by atoms with Crippen LogP contribution in [-0.2, 0) is 20.8 Å². The van der Waals surface area contributed by atoms with E-state index in [1.54, 1.807) is 43.3 Å². The maximum atomic E-state index is 13.6. The van der Waals surface area contributed by atoms with Crippen molar-refractivity contribution < 1.29 is 37.3 Å². The summed E-state index contributed by atoms with van der Waals surface area (Å²) in [5.41, 5.74) is 5.05. The van der Waals surface area contributed by atoms with Gasteiger partial charge in [-0.05, 0) is 72.4 Å². The van der Waals surface area contributed by atoms with Crippen LogP contribution in [-0.4, -0.2) is 65.8 Å². The molecule has 9 nitrogen and oxygen atoms in total. The lowest BCUT2D eigenvalue weighted by molar-refractivity contribution is 0.0435. The number of benzene rings is 3. The van der Waals surface area contributed by atoms with Gasteiger partial charge in [-0.15, -0.1) is 0 Å². The molecule has 1 aliphatic carbocycles. The lowest BCUT2D eigenvalue weighted by atomic mass is 10.0. The number of nitrogens with one attached hydrogen (secondary N) is 1. The number of esters is 1. The van der Waals surface area contributed by atoms with Crippen molar-refractivity contribution in [2.45, 2.75) is 25.4 Å². The van der Waals surface area contributed by atoms with Gasteiger partial charge in [0, 0.05) is 30.3 Å². The smallest absolute Gasteiger partial charge is 0.341 e. The van der Waals surface area contributed by atoms with E-state index in [1.807, 2.05) is 18.4 Å². The third kappa shape index (κ3) is 7.43. The number of carbonyl (C=O) groups excluding carboxylic acids is 2. The van der Waals surface area contributed by atoms with Crippen molar-refractivity contribution in [1.82, 2.24) is 5.32 Å². The van der Waals surface area contributed by atoms with E-state index in [4.69, 9.17) is 23.4 Å². The van der Waals surface area contributed by atoms with E-state index in [2.05, 4.69) is 15.7 Å². The highest BCUT2D eigenvalue weighted by Gasteiger charge is 2.31. The Labute approximate surface area is 266 Å². The molecule has 0 spiro atoms. The van der Waals surface area contributed by atoms with E-state index in [9.17, 15) is 14.0 Å². The molecule has 0 atom stereocenters. The van der Waals surface area contributed by atoms with E-state index in [0.29, 0.717) is 72.7 Å². The van der Waals surface area contributed by atoms with Crippen LogP contribution in [0.5, 0.6) is 5.75 Å². The molecule has 0 bridgehead atoms. The molecule has 0 unspecified atom stereocenters. The first-order valence-corrected chi connectivity index (χ1v) is 15.9. The normalized spacial score (nSPS) is 12.7. The van der Waals surface area contributed by atoms with Crippen molar-refractivity contribution in [3.8, 4) is 17.1 Å².